The fourth-order valence-corrected chi connectivity index (χ4v) is 4.31. The molecule has 0 heterocycles. The smallest absolute Gasteiger partial charge is 0.418 e. The molecule has 0 bridgehead atoms. The van der Waals surface area contributed by atoms with Crippen LogP contribution in [0, 0.1) is 11.8 Å². The fraction of sp³-hybridized carbons (Fsp3) is 0.500. The first kappa shape index (κ1) is 19.3. The average Bonchev–Trinajstić information content (AvgIpc) is 2.95. The number of allylic oxidation sites excluding steroid dienone is 8. The number of hydrogen-bond acceptors (Lipinski definition) is 0. The third kappa shape index (κ3) is 6.57. The van der Waals surface area contributed by atoms with Crippen LogP contribution < -0.4 is 0 Å². The van der Waals surface area contributed by atoms with Crippen LogP contribution in [0.4, 0.5) is 17.3 Å². The van der Waals surface area contributed by atoms with Crippen molar-refractivity contribution < 1.29 is 32.2 Å². The summed E-state index contributed by atoms with van der Waals surface area (Å²) >= 11 is 1.20. The maximum Gasteiger partial charge on any atom is 0.673 e. The standard InChI is InChI=1S/2C8H11.BF4.Fe/c2*1-7(2)8-5-3-4-6-8;2-1(3,4)5;/h2*3,5,7H,4H2,1-2H3;;/q;;-1;+1. The summed E-state index contributed by atoms with van der Waals surface area (Å²) in [5.74, 6) is 1.34. The summed E-state index contributed by atoms with van der Waals surface area (Å²) in [5, 5.41) is 0. The molecule has 22 heavy (non-hydrogen) atoms. The van der Waals surface area contributed by atoms with E-state index in [4.69, 9.17) is 0 Å². The molecule has 2 rings (SSSR count). The fourth-order valence-electron chi connectivity index (χ4n) is 2.29. The topological polar surface area (TPSA) is 0 Å². The van der Waals surface area contributed by atoms with Crippen molar-refractivity contribution in [3.8, 4) is 0 Å². The molecule has 0 radical (unpaired) electrons. The summed E-state index contributed by atoms with van der Waals surface area (Å²) in [6.07, 6.45) is 11.6. The second kappa shape index (κ2) is 8.21. The summed E-state index contributed by atoms with van der Waals surface area (Å²) in [5.41, 5.74) is 3.15. The molecule has 6 heteroatoms. The first-order chi connectivity index (χ1) is 10.1. The van der Waals surface area contributed by atoms with Crippen molar-refractivity contribution in [3.05, 3.63) is 44.4 Å². The average molecular weight is 357 g/mol. The second-order valence-corrected chi connectivity index (χ2v) is 7.41. The van der Waals surface area contributed by atoms with E-state index in [0.29, 0.717) is 11.8 Å². The molecule has 0 aromatic heterocycles. The molecular weight excluding hydrogens is 335 g/mol. The van der Waals surface area contributed by atoms with E-state index < -0.39 is 7.25 Å². The van der Waals surface area contributed by atoms with Gasteiger partial charge in [0.15, 0.2) is 0 Å². The SMILES string of the molecule is CC(C)C1=[C]([Fe+][C]2=C(C(C)C)C=CC2)CC=C1.F[B-](F)(F)F. The minimum atomic E-state index is -6.00. The molecule has 0 unspecified atom stereocenters. The van der Waals surface area contributed by atoms with Crippen LogP contribution in [0.3, 0.4) is 0 Å². The summed E-state index contributed by atoms with van der Waals surface area (Å²) < 4.78 is 42.3. The molecule has 0 N–H and O–H groups in total. The van der Waals surface area contributed by atoms with Crippen LogP contribution in [0.5, 0.6) is 0 Å². The van der Waals surface area contributed by atoms with E-state index >= 15 is 0 Å². The third-order valence-corrected chi connectivity index (χ3v) is 5.00. The van der Waals surface area contributed by atoms with Crippen molar-refractivity contribution in [2.75, 3.05) is 0 Å². The molecule has 0 aromatic rings. The summed E-state index contributed by atoms with van der Waals surface area (Å²) in [7, 11) is -6.00. The van der Waals surface area contributed by atoms with E-state index in [1.54, 1.807) is 20.1 Å². The van der Waals surface area contributed by atoms with Gasteiger partial charge in [-0.1, -0.05) is 0 Å². The Kier molecular flexibility index (Phi) is 7.21. The van der Waals surface area contributed by atoms with E-state index in [1.807, 2.05) is 0 Å². The van der Waals surface area contributed by atoms with Gasteiger partial charge in [0, 0.05) is 0 Å². The molecule has 2 aliphatic carbocycles. The van der Waals surface area contributed by atoms with Gasteiger partial charge in [-0.05, 0) is 0 Å². The van der Waals surface area contributed by atoms with Gasteiger partial charge in [0.05, 0.1) is 0 Å². The Morgan fingerprint density at radius 3 is 1.41 bits per heavy atom. The molecule has 0 aromatic carbocycles. The van der Waals surface area contributed by atoms with Gasteiger partial charge >= 0.3 is 119 Å². The van der Waals surface area contributed by atoms with Crippen molar-refractivity contribution in [1.82, 2.24) is 0 Å². The molecule has 2 aliphatic rings. The Labute approximate surface area is 136 Å². The first-order valence-corrected chi connectivity index (χ1v) is 8.48. The quantitative estimate of drug-likeness (QED) is 0.421. The summed E-state index contributed by atoms with van der Waals surface area (Å²) in [4.78, 5) is 0. The van der Waals surface area contributed by atoms with Crippen LogP contribution in [0.2, 0.25) is 0 Å². The Bertz CT molecular complexity index is 465. The van der Waals surface area contributed by atoms with Gasteiger partial charge in [0.1, 0.15) is 0 Å². The molecule has 0 saturated heterocycles. The monoisotopic (exact) mass is 357 g/mol. The Morgan fingerprint density at radius 1 is 0.818 bits per heavy atom. The van der Waals surface area contributed by atoms with E-state index in [1.165, 1.54) is 27.8 Å². The van der Waals surface area contributed by atoms with Crippen LogP contribution in [-0.4, -0.2) is 7.25 Å². The zero-order chi connectivity index (χ0) is 16.9. The minimum absolute atomic E-state index is 0.668. The summed E-state index contributed by atoms with van der Waals surface area (Å²) in [6.45, 7) is 9.20. The molecule has 0 fully saturated rings. The van der Waals surface area contributed by atoms with E-state index in [9.17, 15) is 17.3 Å². The molecule has 0 amide bonds. The van der Waals surface area contributed by atoms with Gasteiger partial charge < -0.3 is 17.3 Å². The van der Waals surface area contributed by atoms with E-state index in [0.717, 1.165) is 0 Å². The van der Waals surface area contributed by atoms with Gasteiger partial charge in [-0.3, -0.25) is 0 Å². The van der Waals surface area contributed by atoms with Crippen LogP contribution in [-0.2, 0) is 15.0 Å². The van der Waals surface area contributed by atoms with Gasteiger partial charge in [0.25, 0.3) is 0 Å². The van der Waals surface area contributed by atoms with Gasteiger partial charge in [-0.2, -0.15) is 0 Å². The second-order valence-electron chi connectivity index (χ2n) is 5.80. The molecule has 0 spiro atoms. The molecule has 125 valence electrons. The van der Waals surface area contributed by atoms with Gasteiger partial charge in [-0.15, -0.1) is 0 Å². The molecule has 0 saturated carbocycles. The predicted octanol–water partition coefficient (Wildman–Crippen LogP) is 6.11. The Balaban J connectivity index is 0.000000422. The predicted molar refractivity (Wildman–Crippen MR) is 81.4 cm³/mol. The normalized spacial score (nSPS) is 17.9. The van der Waals surface area contributed by atoms with Crippen LogP contribution in [0.1, 0.15) is 40.5 Å². The number of rotatable bonds is 4. The Hall–Kier alpha value is -0.736. The van der Waals surface area contributed by atoms with Crippen molar-refractivity contribution in [3.63, 3.8) is 0 Å². The largest absolute Gasteiger partial charge is 0.673 e. The summed E-state index contributed by atoms with van der Waals surface area (Å²) in [6, 6.07) is 0. The number of halogens is 4. The van der Waals surface area contributed by atoms with Crippen LogP contribution in [0.15, 0.2) is 44.4 Å². The third-order valence-electron chi connectivity index (χ3n) is 3.25. The van der Waals surface area contributed by atoms with Crippen molar-refractivity contribution in [1.29, 1.82) is 0 Å². The van der Waals surface area contributed by atoms with E-state index in [-0.39, 0.29) is 0 Å². The van der Waals surface area contributed by atoms with Crippen molar-refractivity contribution in [2.24, 2.45) is 11.8 Å². The van der Waals surface area contributed by atoms with Gasteiger partial charge in [0.2, 0.25) is 0 Å². The van der Waals surface area contributed by atoms with Crippen molar-refractivity contribution >= 4 is 7.25 Å². The van der Waals surface area contributed by atoms with Crippen molar-refractivity contribution in [2.45, 2.75) is 40.5 Å². The zero-order valence-corrected chi connectivity index (χ0v) is 14.4. The maximum absolute atomic E-state index is 9.75. The van der Waals surface area contributed by atoms with Crippen LogP contribution in [0.25, 0.3) is 0 Å². The Morgan fingerprint density at radius 2 is 1.14 bits per heavy atom. The maximum atomic E-state index is 9.75. The van der Waals surface area contributed by atoms with Gasteiger partial charge in [-0.25, -0.2) is 0 Å². The molecule has 0 atom stereocenters. The first-order valence-electron chi connectivity index (χ1n) is 7.38. The zero-order valence-electron chi connectivity index (χ0n) is 13.3. The molecule has 0 aliphatic heterocycles. The van der Waals surface area contributed by atoms with E-state index in [2.05, 4.69) is 52.0 Å². The molecular formula is C16H22BF4Fe. The number of hydrogen-bond donors (Lipinski definition) is 0. The minimum Gasteiger partial charge on any atom is -0.418 e. The molecule has 0 nitrogen and oxygen atoms in total. The van der Waals surface area contributed by atoms with Crippen LogP contribution >= 0.6 is 0 Å².